The summed E-state index contributed by atoms with van der Waals surface area (Å²) in [5.41, 5.74) is 0. The zero-order valence-electron chi connectivity index (χ0n) is 8.25. The Morgan fingerprint density at radius 1 is 1.36 bits per heavy atom. The van der Waals surface area contributed by atoms with Gasteiger partial charge in [-0.15, -0.1) is 0 Å². The molecule has 4 N–H and O–H groups in total. The van der Waals surface area contributed by atoms with Crippen LogP contribution in [0.3, 0.4) is 0 Å². The van der Waals surface area contributed by atoms with Gasteiger partial charge in [0.2, 0.25) is 15.9 Å². The van der Waals surface area contributed by atoms with Gasteiger partial charge < -0.3 is 10.6 Å². The van der Waals surface area contributed by atoms with Crippen LogP contribution in [0.5, 0.6) is 0 Å². The van der Waals surface area contributed by atoms with E-state index in [2.05, 4.69) is 10.6 Å². The summed E-state index contributed by atoms with van der Waals surface area (Å²) in [5.74, 6) is -0.450. The van der Waals surface area contributed by atoms with Crippen LogP contribution < -0.4 is 15.8 Å². The summed E-state index contributed by atoms with van der Waals surface area (Å²) in [7, 11) is -3.48. The van der Waals surface area contributed by atoms with Crippen molar-refractivity contribution in [3.8, 4) is 0 Å². The fraction of sp³-hybridized carbons (Fsp3) is 0.857. The summed E-state index contributed by atoms with van der Waals surface area (Å²) in [4.78, 5) is 11.0. The van der Waals surface area contributed by atoms with Crippen molar-refractivity contribution in [1.82, 2.24) is 10.6 Å². The molecule has 0 unspecified atom stereocenters. The van der Waals surface area contributed by atoms with E-state index in [1.54, 1.807) is 0 Å². The SMILES string of the molecule is CCCNCC(=O)NCCS(N)(=O)=O. The van der Waals surface area contributed by atoms with E-state index in [1.165, 1.54) is 0 Å². The number of amides is 1. The quantitative estimate of drug-likeness (QED) is 0.452. The van der Waals surface area contributed by atoms with Crippen molar-refractivity contribution >= 4 is 15.9 Å². The Hall–Kier alpha value is -0.660. The van der Waals surface area contributed by atoms with Gasteiger partial charge in [-0.3, -0.25) is 4.79 Å². The summed E-state index contributed by atoms with van der Waals surface area (Å²) in [5, 5.41) is 10.1. The number of nitrogens with two attached hydrogens (primary N) is 1. The van der Waals surface area contributed by atoms with E-state index in [0.717, 1.165) is 13.0 Å². The highest BCUT2D eigenvalue weighted by atomic mass is 32.2. The molecule has 0 heterocycles. The number of carbonyl (C=O) groups excluding carboxylic acids is 1. The molecule has 0 radical (unpaired) electrons. The number of primary sulfonamides is 1. The smallest absolute Gasteiger partial charge is 0.233 e. The lowest BCUT2D eigenvalue weighted by atomic mass is 10.4. The zero-order chi connectivity index (χ0) is 11.0. The summed E-state index contributed by atoms with van der Waals surface area (Å²) < 4.78 is 21.0. The van der Waals surface area contributed by atoms with Crippen molar-refractivity contribution in [1.29, 1.82) is 0 Å². The number of nitrogens with one attached hydrogen (secondary N) is 2. The Balaban J connectivity index is 3.45. The van der Waals surface area contributed by atoms with Crippen molar-refractivity contribution in [2.75, 3.05) is 25.4 Å². The van der Waals surface area contributed by atoms with Crippen LogP contribution in [-0.2, 0) is 14.8 Å². The first-order valence-electron chi connectivity index (χ1n) is 4.43. The van der Waals surface area contributed by atoms with Gasteiger partial charge in [-0.05, 0) is 13.0 Å². The number of hydrogen-bond acceptors (Lipinski definition) is 4. The Morgan fingerprint density at radius 2 is 2.00 bits per heavy atom. The molecular weight excluding hydrogens is 206 g/mol. The van der Waals surface area contributed by atoms with Crippen molar-refractivity contribution in [3.63, 3.8) is 0 Å². The first kappa shape index (κ1) is 13.3. The molecule has 0 saturated carbocycles. The zero-order valence-corrected chi connectivity index (χ0v) is 9.06. The van der Waals surface area contributed by atoms with E-state index in [1.807, 2.05) is 6.92 Å². The summed E-state index contributed by atoms with van der Waals surface area (Å²) in [6.45, 7) is 3.03. The summed E-state index contributed by atoms with van der Waals surface area (Å²) in [6, 6.07) is 0. The molecule has 84 valence electrons. The minimum absolute atomic E-state index is 0.0610. The van der Waals surface area contributed by atoms with E-state index in [4.69, 9.17) is 5.14 Å². The third-order valence-corrected chi connectivity index (χ3v) is 2.19. The molecule has 6 nitrogen and oxygen atoms in total. The minimum atomic E-state index is -3.48. The lowest BCUT2D eigenvalue weighted by Crippen LogP contribution is -2.37. The van der Waals surface area contributed by atoms with Gasteiger partial charge in [0.05, 0.1) is 12.3 Å². The molecular formula is C7H17N3O3S. The highest BCUT2D eigenvalue weighted by molar-refractivity contribution is 7.89. The standard InChI is InChI=1S/C7H17N3O3S/c1-2-3-9-6-7(11)10-4-5-14(8,12)13/h9H,2-6H2,1H3,(H,10,11)(H2,8,12,13). The molecule has 0 spiro atoms. The number of sulfonamides is 1. The van der Waals surface area contributed by atoms with E-state index < -0.39 is 10.0 Å². The predicted molar refractivity (Wildman–Crippen MR) is 54.1 cm³/mol. The largest absolute Gasteiger partial charge is 0.354 e. The number of carbonyl (C=O) groups is 1. The maximum absolute atomic E-state index is 11.0. The highest BCUT2D eigenvalue weighted by Crippen LogP contribution is 1.75. The normalized spacial score (nSPS) is 11.3. The average Bonchev–Trinajstić information content (AvgIpc) is 2.02. The van der Waals surface area contributed by atoms with Crippen LogP contribution in [0.1, 0.15) is 13.3 Å². The number of rotatable bonds is 7. The molecule has 0 aromatic rings. The van der Waals surface area contributed by atoms with Crippen LogP contribution in [-0.4, -0.2) is 39.7 Å². The van der Waals surface area contributed by atoms with E-state index in [9.17, 15) is 13.2 Å². The number of hydrogen-bond donors (Lipinski definition) is 3. The summed E-state index contributed by atoms with van der Waals surface area (Å²) >= 11 is 0. The molecule has 7 heteroatoms. The molecule has 0 atom stereocenters. The molecule has 0 aliphatic rings. The van der Waals surface area contributed by atoms with Crippen molar-refractivity contribution < 1.29 is 13.2 Å². The van der Waals surface area contributed by atoms with Crippen LogP contribution in [0.2, 0.25) is 0 Å². The Labute approximate surface area is 84.3 Å². The average molecular weight is 223 g/mol. The fourth-order valence-corrected chi connectivity index (χ4v) is 1.16. The van der Waals surface area contributed by atoms with Gasteiger partial charge in [-0.2, -0.15) is 0 Å². The van der Waals surface area contributed by atoms with Crippen LogP contribution in [0.15, 0.2) is 0 Å². The molecule has 0 aromatic heterocycles. The van der Waals surface area contributed by atoms with E-state index in [0.29, 0.717) is 0 Å². The van der Waals surface area contributed by atoms with Gasteiger partial charge in [0, 0.05) is 6.54 Å². The highest BCUT2D eigenvalue weighted by Gasteiger charge is 2.04. The van der Waals surface area contributed by atoms with Crippen LogP contribution in [0, 0.1) is 0 Å². The maximum Gasteiger partial charge on any atom is 0.233 e. The summed E-state index contributed by atoms with van der Waals surface area (Å²) in [6.07, 6.45) is 0.949. The molecule has 0 fully saturated rings. The molecule has 1 amide bonds. The molecule has 14 heavy (non-hydrogen) atoms. The topological polar surface area (TPSA) is 101 Å². The molecule has 0 aromatic carbocycles. The fourth-order valence-electron chi connectivity index (χ4n) is 0.774. The predicted octanol–water partition coefficient (Wildman–Crippen LogP) is -1.61. The first-order chi connectivity index (χ1) is 6.45. The van der Waals surface area contributed by atoms with Crippen LogP contribution in [0.25, 0.3) is 0 Å². The van der Waals surface area contributed by atoms with Gasteiger partial charge in [-0.25, -0.2) is 13.6 Å². The molecule has 0 aliphatic heterocycles. The van der Waals surface area contributed by atoms with E-state index >= 15 is 0 Å². The van der Waals surface area contributed by atoms with Gasteiger partial charge >= 0.3 is 0 Å². The van der Waals surface area contributed by atoms with Crippen molar-refractivity contribution in [3.05, 3.63) is 0 Å². The third kappa shape index (κ3) is 9.43. The Bertz CT molecular complexity index is 263. The lowest BCUT2D eigenvalue weighted by molar-refractivity contribution is -0.120. The first-order valence-corrected chi connectivity index (χ1v) is 6.15. The van der Waals surface area contributed by atoms with E-state index in [-0.39, 0.29) is 24.7 Å². The van der Waals surface area contributed by atoms with Gasteiger partial charge in [-0.1, -0.05) is 6.92 Å². The minimum Gasteiger partial charge on any atom is -0.354 e. The van der Waals surface area contributed by atoms with Crippen LogP contribution >= 0.6 is 0 Å². The second-order valence-electron chi connectivity index (χ2n) is 2.89. The van der Waals surface area contributed by atoms with Gasteiger partial charge in [0.1, 0.15) is 0 Å². The van der Waals surface area contributed by atoms with Gasteiger partial charge in [0.15, 0.2) is 0 Å². The second-order valence-corrected chi connectivity index (χ2v) is 4.63. The molecule has 0 bridgehead atoms. The van der Waals surface area contributed by atoms with Crippen molar-refractivity contribution in [2.45, 2.75) is 13.3 Å². The Kier molecular flexibility index (Phi) is 6.43. The lowest BCUT2D eigenvalue weighted by Gasteiger charge is -2.04. The van der Waals surface area contributed by atoms with Crippen LogP contribution in [0.4, 0.5) is 0 Å². The monoisotopic (exact) mass is 223 g/mol. The molecule has 0 saturated heterocycles. The molecule has 0 aliphatic carbocycles. The maximum atomic E-state index is 11.0. The molecule has 0 rings (SSSR count). The van der Waals surface area contributed by atoms with Gasteiger partial charge in [0.25, 0.3) is 0 Å². The second kappa shape index (κ2) is 6.74. The Morgan fingerprint density at radius 3 is 2.50 bits per heavy atom. The van der Waals surface area contributed by atoms with Crippen molar-refractivity contribution in [2.24, 2.45) is 5.14 Å². The third-order valence-electron chi connectivity index (χ3n) is 1.42.